The minimum Gasteiger partial charge on any atom is -0.446 e. The van der Waals surface area contributed by atoms with E-state index in [1.54, 1.807) is 76.5 Å². The number of urea groups is 1. The Hall–Kier alpha value is -3.35. The first-order valence-electron chi connectivity index (χ1n) is 9.38. The van der Waals surface area contributed by atoms with E-state index in [1.807, 2.05) is 12.1 Å². The molecule has 154 valence electrons. The molecular formula is C22H27N3O4. The smallest absolute Gasteiger partial charge is 0.330 e. The standard InChI is InChI=1S/C22H27N3O4/c1-15(2)18(24-22(28)23-17-13-9-6-10-14-17)21(27)29-19(20(26)25(3)4)16-11-7-5-8-12-16/h5-15,18-19H,1-4H3,(H2,23,24,28)/t18-,19+/m1/s1. The number of anilines is 1. The zero-order chi connectivity index (χ0) is 21.4. The van der Waals surface area contributed by atoms with Crippen molar-refractivity contribution in [2.75, 3.05) is 19.4 Å². The zero-order valence-electron chi connectivity index (χ0n) is 17.1. The molecule has 7 heteroatoms. The predicted octanol–water partition coefficient (Wildman–Crippen LogP) is 3.21. The molecule has 0 heterocycles. The Balaban J connectivity index is 2.13. The zero-order valence-corrected chi connectivity index (χ0v) is 17.1. The van der Waals surface area contributed by atoms with Gasteiger partial charge in [-0.05, 0) is 18.1 Å². The van der Waals surface area contributed by atoms with E-state index in [0.29, 0.717) is 11.3 Å². The van der Waals surface area contributed by atoms with Crippen molar-refractivity contribution < 1.29 is 19.1 Å². The number of ether oxygens (including phenoxy) is 1. The summed E-state index contributed by atoms with van der Waals surface area (Å²) in [7, 11) is 3.19. The first kappa shape index (κ1) is 21.9. The fourth-order valence-corrected chi connectivity index (χ4v) is 2.64. The number of hydrogen-bond donors (Lipinski definition) is 2. The third-order valence-electron chi connectivity index (χ3n) is 4.24. The van der Waals surface area contributed by atoms with E-state index in [0.717, 1.165) is 0 Å². The molecule has 0 saturated carbocycles. The minimum atomic E-state index is -1.08. The summed E-state index contributed by atoms with van der Waals surface area (Å²) in [6.45, 7) is 3.58. The van der Waals surface area contributed by atoms with Gasteiger partial charge in [0, 0.05) is 25.3 Å². The van der Waals surface area contributed by atoms with Crippen LogP contribution in [0.3, 0.4) is 0 Å². The minimum absolute atomic E-state index is 0.241. The van der Waals surface area contributed by atoms with Crippen LogP contribution >= 0.6 is 0 Å². The molecule has 0 fully saturated rings. The third-order valence-corrected chi connectivity index (χ3v) is 4.24. The van der Waals surface area contributed by atoms with Crippen molar-refractivity contribution in [3.8, 4) is 0 Å². The fourth-order valence-electron chi connectivity index (χ4n) is 2.64. The maximum Gasteiger partial charge on any atom is 0.330 e. The van der Waals surface area contributed by atoms with Crippen LogP contribution in [0.25, 0.3) is 0 Å². The van der Waals surface area contributed by atoms with Gasteiger partial charge in [-0.1, -0.05) is 62.4 Å². The topological polar surface area (TPSA) is 87.7 Å². The van der Waals surface area contributed by atoms with Crippen LogP contribution in [-0.2, 0) is 14.3 Å². The highest BCUT2D eigenvalue weighted by Gasteiger charge is 2.32. The fraction of sp³-hybridized carbons (Fsp3) is 0.318. The molecule has 3 amide bonds. The van der Waals surface area contributed by atoms with Gasteiger partial charge in [0.25, 0.3) is 5.91 Å². The molecule has 2 aromatic carbocycles. The van der Waals surface area contributed by atoms with Crippen LogP contribution in [0, 0.1) is 5.92 Å². The largest absolute Gasteiger partial charge is 0.446 e. The van der Waals surface area contributed by atoms with Crippen LogP contribution in [0.4, 0.5) is 10.5 Å². The monoisotopic (exact) mass is 397 g/mol. The maximum atomic E-state index is 12.8. The number of rotatable bonds is 7. The quantitative estimate of drug-likeness (QED) is 0.703. The number of hydrogen-bond acceptors (Lipinski definition) is 4. The number of benzene rings is 2. The summed E-state index contributed by atoms with van der Waals surface area (Å²) >= 11 is 0. The van der Waals surface area contributed by atoms with Crippen molar-refractivity contribution in [2.45, 2.75) is 26.0 Å². The van der Waals surface area contributed by atoms with Crippen LogP contribution in [0.2, 0.25) is 0 Å². The van der Waals surface area contributed by atoms with Crippen LogP contribution in [0.5, 0.6) is 0 Å². The Morgan fingerprint density at radius 2 is 1.45 bits per heavy atom. The third kappa shape index (κ3) is 6.34. The van der Waals surface area contributed by atoms with E-state index in [2.05, 4.69) is 10.6 Å². The van der Waals surface area contributed by atoms with Gasteiger partial charge < -0.3 is 20.3 Å². The lowest BCUT2D eigenvalue weighted by molar-refractivity contribution is -0.162. The van der Waals surface area contributed by atoms with Crippen molar-refractivity contribution >= 4 is 23.6 Å². The molecule has 2 atom stereocenters. The van der Waals surface area contributed by atoms with Gasteiger partial charge in [-0.3, -0.25) is 4.79 Å². The molecule has 2 aromatic rings. The number of nitrogens with zero attached hydrogens (tertiary/aromatic N) is 1. The second-order valence-electron chi connectivity index (χ2n) is 7.15. The van der Waals surface area contributed by atoms with Crippen molar-refractivity contribution in [3.05, 3.63) is 66.2 Å². The van der Waals surface area contributed by atoms with E-state index >= 15 is 0 Å². The summed E-state index contributed by atoms with van der Waals surface area (Å²) in [4.78, 5) is 39.1. The van der Waals surface area contributed by atoms with Gasteiger partial charge in [-0.15, -0.1) is 0 Å². The van der Waals surface area contributed by atoms with Gasteiger partial charge >= 0.3 is 12.0 Å². The van der Waals surface area contributed by atoms with Crippen LogP contribution < -0.4 is 10.6 Å². The number of nitrogens with one attached hydrogen (secondary N) is 2. The van der Waals surface area contributed by atoms with Crippen LogP contribution in [0.1, 0.15) is 25.5 Å². The molecule has 0 unspecified atom stereocenters. The summed E-state index contributed by atoms with van der Waals surface area (Å²) < 4.78 is 5.56. The lowest BCUT2D eigenvalue weighted by Crippen LogP contribution is -2.48. The second-order valence-corrected chi connectivity index (χ2v) is 7.15. The first-order valence-corrected chi connectivity index (χ1v) is 9.38. The molecular weight excluding hydrogens is 370 g/mol. The molecule has 0 aliphatic heterocycles. The SMILES string of the molecule is CC(C)[C@@H](NC(=O)Nc1ccccc1)C(=O)O[C@H](C(=O)N(C)C)c1ccccc1. The highest BCUT2D eigenvalue weighted by Crippen LogP contribution is 2.21. The first-order chi connectivity index (χ1) is 13.8. The van der Waals surface area contributed by atoms with E-state index < -0.39 is 24.1 Å². The average molecular weight is 397 g/mol. The highest BCUT2D eigenvalue weighted by molar-refractivity contribution is 5.93. The molecule has 0 bridgehead atoms. The Morgan fingerprint density at radius 1 is 0.897 bits per heavy atom. The molecule has 0 aliphatic rings. The molecule has 2 N–H and O–H groups in total. The van der Waals surface area contributed by atoms with E-state index in [1.165, 1.54) is 4.90 Å². The van der Waals surface area contributed by atoms with E-state index in [4.69, 9.17) is 4.74 Å². The number of carbonyl (C=O) groups is 3. The van der Waals surface area contributed by atoms with Crippen molar-refractivity contribution in [2.24, 2.45) is 5.92 Å². The summed E-state index contributed by atoms with van der Waals surface area (Å²) in [5.74, 6) is -1.28. The lowest BCUT2D eigenvalue weighted by Gasteiger charge is -2.26. The number of amides is 3. The van der Waals surface area contributed by atoms with Gasteiger partial charge in [0.05, 0.1) is 0 Å². The Bertz CT molecular complexity index is 822. The molecule has 2 rings (SSSR count). The second kappa shape index (κ2) is 10.3. The number of para-hydroxylation sites is 1. The molecule has 0 aliphatic carbocycles. The summed E-state index contributed by atoms with van der Waals surface area (Å²) in [6.07, 6.45) is -1.08. The van der Waals surface area contributed by atoms with Gasteiger partial charge in [0.2, 0.25) is 6.10 Å². The molecule has 29 heavy (non-hydrogen) atoms. The van der Waals surface area contributed by atoms with Crippen LogP contribution in [0.15, 0.2) is 60.7 Å². The van der Waals surface area contributed by atoms with Gasteiger partial charge in [-0.25, -0.2) is 9.59 Å². The molecule has 7 nitrogen and oxygen atoms in total. The summed E-state index contributed by atoms with van der Waals surface area (Å²) in [5.41, 5.74) is 1.17. The number of esters is 1. The van der Waals surface area contributed by atoms with Gasteiger partial charge in [0.1, 0.15) is 6.04 Å². The van der Waals surface area contributed by atoms with Gasteiger partial charge in [0.15, 0.2) is 0 Å². The Labute approximate surface area is 171 Å². The van der Waals surface area contributed by atoms with Crippen molar-refractivity contribution in [1.29, 1.82) is 0 Å². The number of likely N-dealkylation sites (N-methyl/N-ethyl adjacent to an activating group) is 1. The maximum absolute atomic E-state index is 12.8. The average Bonchev–Trinajstić information content (AvgIpc) is 2.70. The molecule has 0 saturated heterocycles. The summed E-state index contributed by atoms with van der Waals surface area (Å²) in [5, 5.41) is 5.32. The van der Waals surface area contributed by atoms with Gasteiger partial charge in [-0.2, -0.15) is 0 Å². The lowest BCUT2D eigenvalue weighted by atomic mass is 10.0. The van der Waals surface area contributed by atoms with Crippen LogP contribution in [-0.4, -0.2) is 42.9 Å². The summed E-state index contributed by atoms with van der Waals surface area (Å²) in [6, 6.07) is 16.3. The normalized spacial score (nSPS) is 12.6. The molecule has 0 aromatic heterocycles. The van der Waals surface area contributed by atoms with E-state index in [9.17, 15) is 14.4 Å². The molecule has 0 radical (unpaired) electrons. The predicted molar refractivity (Wildman–Crippen MR) is 111 cm³/mol. The highest BCUT2D eigenvalue weighted by atomic mass is 16.5. The molecule has 0 spiro atoms. The van der Waals surface area contributed by atoms with E-state index in [-0.39, 0.29) is 11.8 Å². The number of carbonyl (C=O) groups excluding carboxylic acids is 3. The Kier molecular flexibility index (Phi) is 7.77. The van der Waals surface area contributed by atoms with Crippen molar-refractivity contribution in [3.63, 3.8) is 0 Å². The van der Waals surface area contributed by atoms with Crippen molar-refractivity contribution in [1.82, 2.24) is 10.2 Å². The Morgan fingerprint density at radius 3 is 1.97 bits per heavy atom.